The molecule has 1 aromatic rings. The SMILES string of the molecule is O=C(O)C1CC2CCC1N2C(=O)CC1CCc2ccccc21. The standard InChI is InChI=1S/C18H21NO3/c20-17(9-12-6-5-11-3-1-2-4-14(11)12)19-13-7-8-16(19)15(10-13)18(21)22/h1-4,12-13,15-16H,5-10H2,(H,21,22). The summed E-state index contributed by atoms with van der Waals surface area (Å²) in [5, 5.41) is 9.31. The van der Waals surface area contributed by atoms with E-state index in [1.807, 2.05) is 11.0 Å². The first-order valence-electron chi connectivity index (χ1n) is 8.27. The third-order valence-corrected chi connectivity index (χ3v) is 5.82. The van der Waals surface area contributed by atoms with Crippen molar-refractivity contribution in [3.05, 3.63) is 35.4 Å². The molecule has 4 unspecified atom stereocenters. The summed E-state index contributed by atoms with van der Waals surface area (Å²) in [6.07, 6.45) is 5.11. The largest absolute Gasteiger partial charge is 0.481 e. The number of carbonyl (C=O) groups is 2. The number of benzene rings is 1. The van der Waals surface area contributed by atoms with E-state index < -0.39 is 5.97 Å². The number of carboxylic acids is 1. The van der Waals surface area contributed by atoms with Crippen molar-refractivity contribution in [2.45, 2.75) is 56.5 Å². The molecule has 22 heavy (non-hydrogen) atoms. The average molecular weight is 299 g/mol. The minimum absolute atomic E-state index is 0.0633. The lowest BCUT2D eigenvalue weighted by Crippen LogP contribution is -2.38. The second-order valence-corrected chi connectivity index (χ2v) is 6.92. The van der Waals surface area contributed by atoms with Gasteiger partial charge in [-0.25, -0.2) is 0 Å². The Morgan fingerprint density at radius 1 is 1.18 bits per heavy atom. The fourth-order valence-corrected chi connectivity index (χ4v) is 4.82. The highest BCUT2D eigenvalue weighted by Crippen LogP contribution is 2.44. The lowest BCUT2D eigenvalue weighted by atomic mass is 9.89. The van der Waals surface area contributed by atoms with Crippen LogP contribution in [-0.2, 0) is 16.0 Å². The Kier molecular flexibility index (Phi) is 3.21. The smallest absolute Gasteiger partial charge is 0.308 e. The van der Waals surface area contributed by atoms with Gasteiger partial charge in [-0.1, -0.05) is 24.3 Å². The molecule has 4 atom stereocenters. The van der Waals surface area contributed by atoms with Crippen LogP contribution in [0.1, 0.15) is 49.1 Å². The molecule has 2 fully saturated rings. The first kappa shape index (κ1) is 13.8. The fourth-order valence-electron chi connectivity index (χ4n) is 4.82. The Bertz CT molecular complexity index is 627. The highest BCUT2D eigenvalue weighted by molar-refractivity contribution is 5.81. The molecule has 3 aliphatic rings. The quantitative estimate of drug-likeness (QED) is 0.933. The predicted molar refractivity (Wildman–Crippen MR) is 81.5 cm³/mol. The number of hydrogen-bond donors (Lipinski definition) is 1. The molecule has 0 saturated carbocycles. The number of carbonyl (C=O) groups excluding carboxylic acids is 1. The van der Waals surface area contributed by atoms with Crippen molar-refractivity contribution in [1.82, 2.24) is 4.90 Å². The van der Waals surface area contributed by atoms with Gasteiger partial charge in [-0.3, -0.25) is 9.59 Å². The zero-order chi connectivity index (χ0) is 15.3. The number of aryl methyl sites for hydroxylation is 1. The van der Waals surface area contributed by atoms with Crippen molar-refractivity contribution in [3.8, 4) is 0 Å². The van der Waals surface area contributed by atoms with Crippen LogP contribution in [0.25, 0.3) is 0 Å². The second kappa shape index (κ2) is 5.11. The van der Waals surface area contributed by atoms with E-state index >= 15 is 0 Å². The van der Waals surface area contributed by atoms with Gasteiger partial charge in [0, 0.05) is 18.5 Å². The Hall–Kier alpha value is -1.84. The van der Waals surface area contributed by atoms with Crippen LogP contribution in [0.15, 0.2) is 24.3 Å². The van der Waals surface area contributed by atoms with Crippen molar-refractivity contribution >= 4 is 11.9 Å². The maximum atomic E-state index is 12.8. The number of aliphatic carboxylic acids is 1. The van der Waals surface area contributed by atoms with Gasteiger partial charge in [0.05, 0.1) is 5.92 Å². The van der Waals surface area contributed by atoms with Gasteiger partial charge in [0.2, 0.25) is 5.91 Å². The van der Waals surface area contributed by atoms with Gasteiger partial charge in [-0.2, -0.15) is 0 Å². The van der Waals surface area contributed by atoms with Crippen LogP contribution in [0.4, 0.5) is 0 Å². The van der Waals surface area contributed by atoms with Crippen LogP contribution in [0.5, 0.6) is 0 Å². The highest BCUT2D eigenvalue weighted by Gasteiger charge is 2.51. The van der Waals surface area contributed by atoms with E-state index in [0.717, 1.165) is 25.7 Å². The van der Waals surface area contributed by atoms with Crippen molar-refractivity contribution in [1.29, 1.82) is 0 Å². The van der Waals surface area contributed by atoms with Crippen molar-refractivity contribution < 1.29 is 14.7 Å². The zero-order valence-corrected chi connectivity index (χ0v) is 12.6. The van der Waals surface area contributed by atoms with Gasteiger partial charge in [-0.15, -0.1) is 0 Å². The minimum atomic E-state index is -0.740. The molecule has 4 rings (SSSR count). The average Bonchev–Trinajstić information content (AvgIpc) is 3.20. The van der Waals surface area contributed by atoms with Crippen LogP contribution in [-0.4, -0.2) is 34.0 Å². The summed E-state index contributed by atoms with van der Waals surface area (Å²) in [5.74, 6) is -0.611. The van der Waals surface area contributed by atoms with Gasteiger partial charge in [0.15, 0.2) is 0 Å². The van der Waals surface area contributed by atoms with E-state index in [0.29, 0.717) is 18.8 Å². The third kappa shape index (κ3) is 2.04. The Labute approximate surface area is 130 Å². The summed E-state index contributed by atoms with van der Waals surface area (Å²) in [5.41, 5.74) is 2.69. The maximum Gasteiger partial charge on any atom is 0.308 e. The molecule has 0 aromatic heterocycles. The van der Waals surface area contributed by atoms with Crippen LogP contribution < -0.4 is 0 Å². The molecule has 1 amide bonds. The van der Waals surface area contributed by atoms with Crippen molar-refractivity contribution in [2.24, 2.45) is 5.92 Å². The van der Waals surface area contributed by atoms with Crippen LogP contribution in [0.3, 0.4) is 0 Å². The molecular weight excluding hydrogens is 278 g/mol. The molecule has 2 aliphatic heterocycles. The molecule has 1 N–H and O–H groups in total. The number of rotatable bonds is 3. The molecule has 116 valence electrons. The third-order valence-electron chi connectivity index (χ3n) is 5.82. The predicted octanol–water partition coefficient (Wildman–Crippen LogP) is 2.57. The van der Waals surface area contributed by atoms with Crippen LogP contribution in [0, 0.1) is 5.92 Å². The Morgan fingerprint density at radius 3 is 2.77 bits per heavy atom. The van der Waals surface area contributed by atoms with Gasteiger partial charge in [0.25, 0.3) is 0 Å². The lowest BCUT2D eigenvalue weighted by Gasteiger charge is -2.25. The van der Waals surface area contributed by atoms with E-state index in [1.54, 1.807) is 0 Å². The Morgan fingerprint density at radius 2 is 2.00 bits per heavy atom. The van der Waals surface area contributed by atoms with Gasteiger partial charge in [-0.05, 0) is 49.1 Å². The summed E-state index contributed by atoms with van der Waals surface area (Å²) in [7, 11) is 0. The minimum Gasteiger partial charge on any atom is -0.481 e. The van der Waals surface area contributed by atoms with Gasteiger partial charge < -0.3 is 10.0 Å². The van der Waals surface area contributed by atoms with E-state index in [1.165, 1.54) is 11.1 Å². The first-order chi connectivity index (χ1) is 10.6. The van der Waals surface area contributed by atoms with Crippen molar-refractivity contribution in [2.75, 3.05) is 0 Å². The second-order valence-electron chi connectivity index (χ2n) is 6.92. The van der Waals surface area contributed by atoms with E-state index in [4.69, 9.17) is 0 Å². The van der Waals surface area contributed by atoms with Crippen molar-refractivity contribution in [3.63, 3.8) is 0 Å². The van der Waals surface area contributed by atoms with E-state index in [-0.39, 0.29) is 23.9 Å². The molecule has 1 aromatic carbocycles. The zero-order valence-electron chi connectivity index (χ0n) is 12.6. The molecule has 0 spiro atoms. The lowest BCUT2D eigenvalue weighted by molar-refractivity contribution is -0.143. The number of nitrogens with zero attached hydrogens (tertiary/aromatic N) is 1. The number of amides is 1. The molecule has 2 saturated heterocycles. The topological polar surface area (TPSA) is 57.6 Å². The van der Waals surface area contributed by atoms with E-state index in [2.05, 4.69) is 18.2 Å². The molecular formula is C18H21NO3. The summed E-state index contributed by atoms with van der Waals surface area (Å²) in [6, 6.07) is 8.49. The molecule has 2 heterocycles. The van der Waals surface area contributed by atoms with Crippen LogP contribution >= 0.6 is 0 Å². The molecule has 1 aliphatic carbocycles. The Balaban J connectivity index is 1.49. The number of carboxylic acid groups (broad SMARTS) is 1. The normalized spacial score (nSPS) is 32.3. The molecule has 2 bridgehead atoms. The highest BCUT2D eigenvalue weighted by atomic mass is 16.4. The molecule has 0 radical (unpaired) electrons. The summed E-state index contributed by atoms with van der Waals surface area (Å²) in [6.45, 7) is 0. The van der Waals surface area contributed by atoms with Gasteiger partial charge in [0.1, 0.15) is 0 Å². The number of fused-ring (bicyclic) bond motifs is 3. The fraction of sp³-hybridized carbons (Fsp3) is 0.556. The maximum absolute atomic E-state index is 12.8. The molecule has 4 heteroatoms. The van der Waals surface area contributed by atoms with Crippen LogP contribution in [0.2, 0.25) is 0 Å². The summed E-state index contributed by atoms with van der Waals surface area (Å²) in [4.78, 5) is 26.0. The van der Waals surface area contributed by atoms with E-state index in [9.17, 15) is 14.7 Å². The molecule has 4 nitrogen and oxygen atoms in total. The monoisotopic (exact) mass is 299 g/mol. The number of hydrogen-bond acceptors (Lipinski definition) is 2. The summed E-state index contributed by atoms with van der Waals surface area (Å²) >= 11 is 0. The van der Waals surface area contributed by atoms with Gasteiger partial charge >= 0.3 is 5.97 Å². The summed E-state index contributed by atoms with van der Waals surface area (Å²) < 4.78 is 0. The first-order valence-corrected chi connectivity index (χ1v) is 8.27.